The highest BCUT2D eigenvalue weighted by Crippen LogP contribution is 2.16. The average Bonchev–Trinajstić information content (AvgIpc) is 2.62. The summed E-state index contributed by atoms with van der Waals surface area (Å²) in [6, 6.07) is 8.52. The molecule has 0 N–H and O–H groups in total. The number of morpholine rings is 1. The van der Waals surface area contributed by atoms with E-state index >= 15 is 0 Å². The fraction of sp³-hybridized carbons (Fsp3) is 0.500. The van der Waals surface area contributed by atoms with Crippen molar-refractivity contribution in [3.05, 3.63) is 53.5 Å². The van der Waals surface area contributed by atoms with Gasteiger partial charge in [0.05, 0.1) is 12.7 Å². The Labute approximate surface area is 150 Å². The van der Waals surface area contributed by atoms with E-state index in [1.807, 2.05) is 38.3 Å². The molecule has 0 amide bonds. The summed E-state index contributed by atoms with van der Waals surface area (Å²) < 4.78 is 5.98. The SMILES string of the molecule is Cc1ccc(CN2CCO[C@H](CCc3ccnc(N(C)C)c3)C2)cn1. The number of nitrogens with zero attached hydrogens (tertiary/aromatic N) is 4. The van der Waals surface area contributed by atoms with Crippen molar-refractivity contribution < 1.29 is 4.74 Å². The molecule has 5 heteroatoms. The van der Waals surface area contributed by atoms with Crippen LogP contribution in [0.4, 0.5) is 5.82 Å². The predicted octanol–water partition coefficient (Wildman–Crippen LogP) is 2.68. The molecular formula is C20H28N4O. The highest BCUT2D eigenvalue weighted by Gasteiger charge is 2.20. The summed E-state index contributed by atoms with van der Waals surface area (Å²) in [5, 5.41) is 0. The highest BCUT2D eigenvalue weighted by molar-refractivity contribution is 5.39. The molecule has 1 fully saturated rings. The third kappa shape index (κ3) is 5.25. The zero-order valence-corrected chi connectivity index (χ0v) is 15.5. The minimum atomic E-state index is 0.295. The summed E-state index contributed by atoms with van der Waals surface area (Å²) in [4.78, 5) is 13.3. The standard InChI is InChI=1S/C20H28N4O/c1-16-4-5-18(13-22-16)14-24-10-11-25-19(15-24)7-6-17-8-9-21-20(12-17)23(2)3/h4-5,8-9,12-13,19H,6-7,10-11,14-15H2,1-3H3/t19-/m1/s1. The van der Waals surface area contributed by atoms with Crippen LogP contribution in [0.15, 0.2) is 36.7 Å². The number of rotatable bonds is 6. The topological polar surface area (TPSA) is 41.5 Å². The fourth-order valence-electron chi connectivity index (χ4n) is 3.14. The Morgan fingerprint density at radius 1 is 1.20 bits per heavy atom. The van der Waals surface area contributed by atoms with Crippen LogP contribution >= 0.6 is 0 Å². The summed E-state index contributed by atoms with van der Waals surface area (Å²) in [5.41, 5.74) is 3.66. The van der Waals surface area contributed by atoms with E-state index in [0.29, 0.717) is 6.10 Å². The molecule has 5 nitrogen and oxygen atoms in total. The van der Waals surface area contributed by atoms with Gasteiger partial charge >= 0.3 is 0 Å². The molecule has 134 valence electrons. The minimum Gasteiger partial charge on any atom is -0.376 e. The van der Waals surface area contributed by atoms with Crippen LogP contribution in [0, 0.1) is 6.92 Å². The quantitative estimate of drug-likeness (QED) is 0.809. The molecule has 2 aromatic heterocycles. The Bertz CT molecular complexity index is 672. The molecular weight excluding hydrogens is 312 g/mol. The van der Waals surface area contributed by atoms with Gasteiger partial charge in [-0.2, -0.15) is 0 Å². The first-order chi connectivity index (χ1) is 12.1. The Hall–Kier alpha value is -1.98. The number of pyridine rings is 2. The second-order valence-electron chi connectivity index (χ2n) is 6.99. The van der Waals surface area contributed by atoms with Crippen LogP contribution < -0.4 is 4.90 Å². The lowest BCUT2D eigenvalue weighted by Crippen LogP contribution is -2.42. The molecule has 0 radical (unpaired) electrons. The van der Waals surface area contributed by atoms with E-state index in [2.05, 4.69) is 39.1 Å². The smallest absolute Gasteiger partial charge is 0.128 e. The molecule has 0 unspecified atom stereocenters. The first-order valence-electron chi connectivity index (χ1n) is 8.98. The van der Waals surface area contributed by atoms with Crippen LogP contribution in [0.5, 0.6) is 0 Å². The normalized spacial score (nSPS) is 18.3. The van der Waals surface area contributed by atoms with Crippen molar-refractivity contribution in [2.45, 2.75) is 32.4 Å². The van der Waals surface area contributed by atoms with E-state index < -0.39 is 0 Å². The van der Waals surface area contributed by atoms with Gasteiger partial charge in [0, 0.05) is 51.8 Å². The zero-order chi connectivity index (χ0) is 17.6. The second-order valence-corrected chi connectivity index (χ2v) is 6.99. The first kappa shape index (κ1) is 17.8. The number of ether oxygens (including phenoxy) is 1. The van der Waals surface area contributed by atoms with E-state index in [9.17, 15) is 0 Å². The Kier molecular flexibility index (Phi) is 6.00. The molecule has 1 atom stereocenters. The first-order valence-corrected chi connectivity index (χ1v) is 8.98. The van der Waals surface area contributed by atoms with Crippen LogP contribution in [0.25, 0.3) is 0 Å². The van der Waals surface area contributed by atoms with Crippen molar-refractivity contribution in [1.29, 1.82) is 0 Å². The van der Waals surface area contributed by atoms with Crippen LogP contribution in [0.3, 0.4) is 0 Å². The van der Waals surface area contributed by atoms with Crippen LogP contribution in [-0.2, 0) is 17.7 Å². The van der Waals surface area contributed by atoms with E-state index in [1.165, 1.54) is 11.1 Å². The lowest BCUT2D eigenvalue weighted by Gasteiger charge is -2.33. The van der Waals surface area contributed by atoms with Gasteiger partial charge in [-0.25, -0.2) is 4.98 Å². The van der Waals surface area contributed by atoms with E-state index in [-0.39, 0.29) is 0 Å². The Morgan fingerprint density at radius 3 is 2.84 bits per heavy atom. The van der Waals surface area contributed by atoms with Crippen LogP contribution in [-0.4, -0.2) is 54.8 Å². The molecule has 1 saturated heterocycles. The van der Waals surface area contributed by atoms with Crippen LogP contribution in [0.2, 0.25) is 0 Å². The fourth-order valence-corrected chi connectivity index (χ4v) is 3.14. The van der Waals surface area contributed by atoms with E-state index in [0.717, 1.165) is 50.6 Å². The van der Waals surface area contributed by atoms with Crippen molar-refractivity contribution in [2.75, 3.05) is 38.7 Å². The van der Waals surface area contributed by atoms with Gasteiger partial charge in [-0.1, -0.05) is 6.07 Å². The maximum atomic E-state index is 5.98. The summed E-state index contributed by atoms with van der Waals surface area (Å²) in [6.07, 6.45) is 6.24. The molecule has 0 aromatic carbocycles. The summed E-state index contributed by atoms with van der Waals surface area (Å²) >= 11 is 0. The molecule has 3 rings (SSSR count). The van der Waals surface area contributed by atoms with Gasteiger partial charge in [0.1, 0.15) is 5.82 Å². The number of aryl methyl sites for hydroxylation is 2. The molecule has 1 aliphatic heterocycles. The highest BCUT2D eigenvalue weighted by atomic mass is 16.5. The average molecular weight is 340 g/mol. The van der Waals surface area contributed by atoms with Crippen molar-refractivity contribution >= 4 is 5.82 Å². The molecule has 0 spiro atoms. The molecule has 0 bridgehead atoms. The third-order valence-corrected chi connectivity index (χ3v) is 4.62. The van der Waals surface area contributed by atoms with Gasteiger partial charge < -0.3 is 9.64 Å². The number of aromatic nitrogens is 2. The molecule has 3 heterocycles. The third-order valence-electron chi connectivity index (χ3n) is 4.62. The van der Waals surface area contributed by atoms with Crippen molar-refractivity contribution in [3.8, 4) is 0 Å². The van der Waals surface area contributed by atoms with Crippen molar-refractivity contribution in [2.24, 2.45) is 0 Å². The molecule has 1 aliphatic rings. The van der Waals surface area contributed by atoms with Gasteiger partial charge in [-0.05, 0) is 49.1 Å². The summed E-state index contributed by atoms with van der Waals surface area (Å²) in [7, 11) is 4.04. The van der Waals surface area contributed by atoms with Gasteiger partial charge in [0.15, 0.2) is 0 Å². The van der Waals surface area contributed by atoms with Gasteiger partial charge in [0.2, 0.25) is 0 Å². The van der Waals surface area contributed by atoms with E-state index in [1.54, 1.807) is 0 Å². The zero-order valence-electron chi connectivity index (χ0n) is 15.5. The second kappa shape index (κ2) is 8.41. The minimum absolute atomic E-state index is 0.295. The monoisotopic (exact) mass is 340 g/mol. The maximum Gasteiger partial charge on any atom is 0.128 e. The number of hydrogen-bond donors (Lipinski definition) is 0. The van der Waals surface area contributed by atoms with Crippen molar-refractivity contribution in [3.63, 3.8) is 0 Å². The van der Waals surface area contributed by atoms with Gasteiger partial charge in [0.25, 0.3) is 0 Å². The lowest BCUT2D eigenvalue weighted by molar-refractivity contribution is -0.0346. The van der Waals surface area contributed by atoms with Crippen LogP contribution in [0.1, 0.15) is 23.2 Å². The molecule has 2 aromatic rings. The maximum absolute atomic E-state index is 5.98. The lowest BCUT2D eigenvalue weighted by atomic mass is 10.1. The van der Waals surface area contributed by atoms with Gasteiger partial charge in [-0.3, -0.25) is 9.88 Å². The van der Waals surface area contributed by atoms with E-state index in [4.69, 9.17) is 4.74 Å². The van der Waals surface area contributed by atoms with Gasteiger partial charge in [-0.15, -0.1) is 0 Å². The summed E-state index contributed by atoms with van der Waals surface area (Å²) in [6.45, 7) is 5.76. The Balaban J connectivity index is 1.51. The summed E-state index contributed by atoms with van der Waals surface area (Å²) in [5.74, 6) is 1.01. The molecule has 0 aliphatic carbocycles. The predicted molar refractivity (Wildman–Crippen MR) is 101 cm³/mol. The largest absolute Gasteiger partial charge is 0.376 e. The number of anilines is 1. The van der Waals surface area contributed by atoms with Crippen molar-refractivity contribution in [1.82, 2.24) is 14.9 Å². The molecule has 0 saturated carbocycles. The Morgan fingerprint density at radius 2 is 2.08 bits per heavy atom. The number of hydrogen-bond acceptors (Lipinski definition) is 5. The molecule has 25 heavy (non-hydrogen) atoms.